The van der Waals surface area contributed by atoms with E-state index < -0.39 is 0 Å². The van der Waals surface area contributed by atoms with Gasteiger partial charge < -0.3 is 4.90 Å². The third-order valence-electron chi connectivity index (χ3n) is 5.74. The van der Waals surface area contributed by atoms with Gasteiger partial charge in [-0.1, -0.05) is 19.1 Å². The van der Waals surface area contributed by atoms with Crippen molar-refractivity contribution >= 4 is 17.3 Å². The Morgan fingerprint density at radius 2 is 1.83 bits per heavy atom. The van der Waals surface area contributed by atoms with Gasteiger partial charge in [-0.3, -0.25) is 9.69 Å². The fourth-order valence-electron chi connectivity index (χ4n) is 4.39. The second kappa shape index (κ2) is 5.88. The van der Waals surface area contributed by atoms with Gasteiger partial charge in [0.15, 0.2) is 0 Å². The number of carbonyl (C=O) groups excluding carboxylic acids is 1. The van der Waals surface area contributed by atoms with Gasteiger partial charge in [0.1, 0.15) is 6.04 Å². The quantitative estimate of drug-likeness (QED) is 0.857. The number of rotatable bonds is 3. The molecule has 3 fully saturated rings. The molecular weight excluding hydrogens is 300 g/mol. The monoisotopic (exact) mass is 326 g/mol. The molecule has 1 amide bonds. The summed E-state index contributed by atoms with van der Waals surface area (Å²) >= 11 is 0. The van der Waals surface area contributed by atoms with Gasteiger partial charge in [-0.2, -0.15) is 5.10 Å². The van der Waals surface area contributed by atoms with E-state index in [0.717, 1.165) is 13.1 Å². The van der Waals surface area contributed by atoms with E-state index in [1.165, 1.54) is 29.8 Å². The second-order valence-electron chi connectivity index (χ2n) is 7.30. The molecule has 0 aromatic heterocycles. The number of anilines is 1. The summed E-state index contributed by atoms with van der Waals surface area (Å²) in [5.41, 5.74) is 3.62. The smallest absolute Gasteiger partial charge is 0.243 e. The molecule has 2 atom stereocenters. The van der Waals surface area contributed by atoms with Crippen LogP contribution in [0.1, 0.15) is 37.8 Å². The van der Waals surface area contributed by atoms with E-state index in [9.17, 15) is 4.79 Å². The van der Waals surface area contributed by atoms with Gasteiger partial charge in [-0.15, -0.1) is 0 Å². The summed E-state index contributed by atoms with van der Waals surface area (Å²) < 4.78 is 0. The van der Waals surface area contributed by atoms with Crippen molar-refractivity contribution in [2.24, 2.45) is 11.0 Å². The molecule has 5 heteroatoms. The van der Waals surface area contributed by atoms with E-state index in [1.807, 2.05) is 21.0 Å². The number of nitrogens with zero attached hydrogens (tertiary/aromatic N) is 4. The highest BCUT2D eigenvalue weighted by molar-refractivity contribution is 5.97. The van der Waals surface area contributed by atoms with Crippen LogP contribution in [0.4, 0.5) is 5.69 Å². The lowest BCUT2D eigenvalue weighted by Gasteiger charge is -2.46. The highest BCUT2D eigenvalue weighted by atomic mass is 16.2. The number of hydrogen-bond acceptors (Lipinski definition) is 4. The highest BCUT2D eigenvalue weighted by Crippen LogP contribution is 2.43. The molecule has 128 valence electrons. The van der Waals surface area contributed by atoms with E-state index in [0.29, 0.717) is 12.3 Å². The largest absolute Gasteiger partial charge is 0.378 e. The molecule has 0 spiro atoms. The molecule has 0 N–H and O–H groups in total. The molecule has 1 aromatic carbocycles. The van der Waals surface area contributed by atoms with Crippen LogP contribution in [0.2, 0.25) is 0 Å². The summed E-state index contributed by atoms with van der Waals surface area (Å²) in [7, 11) is 4.09. The molecule has 2 bridgehead atoms. The fraction of sp³-hybridized carbons (Fsp3) is 0.579. The molecule has 4 aliphatic heterocycles. The average molecular weight is 326 g/mol. The van der Waals surface area contributed by atoms with Crippen molar-refractivity contribution < 1.29 is 4.79 Å². The first kappa shape index (κ1) is 15.6. The summed E-state index contributed by atoms with van der Waals surface area (Å²) in [6, 6.07) is 8.91. The number of benzene rings is 1. The van der Waals surface area contributed by atoms with Crippen LogP contribution in [-0.2, 0) is 4.79 Å². The van der Waals surface area contributed by atoms with E-state index in [-0.39, 0.29) is 18.0 Å². The van der Waals surface area contributed by atoms with Crippen molar-refractivity contribution in [1.29, 1.82) is 0 Å². The van der Waals surface area contributed by atoms with Gasteiger partial charge in [0, 0.05) is 32.1 Å². The molecule has 5 nitrogen and oxygen atoms in total. The highest BCUT2D eigenvalue weighted by Gasteiger charge is 2.50. The van der Waals surface area contributed by atoms with Crippen LogP contribution in [-0.4, -0.2) is 54.8 Å². The van der Waals surface area contributed by atoms with Crippen LogP contribution in [0, 0.1) is 5.92 Å². The van der Waals surface area contributed by atoms with E-state index in [1.54, 1.807) is 5.01 Å². The minimum Gasteiger partial charge on any atom is -0.378 e. The van der Waals surface area contributed by atoms with E-state index >= 15 is 0 Å². The Hall–Kier alpha value is -1.88. The molecule has 24 heavy (non-hydrogen) atoms. The first-order valence-electron chi connectivity index (χ1n) is 9.02. The molecule has 4 aliphatic rings. The minimum atomic E-state index is 0.0340. The lowest BCUT2D eigenvalue weighted by atomic mass is 9.78. The second-order valence-corrected chi connectivity index (χ2v) is 7.30. The van der Waals surface area contributed by atoms with Crippen LogP contribution in [0.3, 0.4) is 0 Å². The topological polar surface area (TPSA) is 39.2 Å². The number of carbonyl (C=O) groups is 1. The summed E-state index contributed by atoms with van der Waals surface area (Å²) in [6.45, 7) is 4.19. The summed E-state index contributed by atoms with van der Waals surface area (Å²) in [4.78, 5) is 17.2. The zero-order chi connectivity index (χ0) is 16.8. The molecule has 3 saturated heterocycles. The maximum absolute atomic E-state index is 12.5. The van der Waals surface area contributed by atoms with Crippen LogP contribution in [0.25, 0.3) is 0 Å². The molecule has 5 rings (SSSR count). The normalized spacial score (nSPS) is 31.0. The Morgan fingerprint density at radius 3 is 2.42 bits per heavy atom. The molecule has 0 unspecified atom stereocenters. The molecule has 0 aliphatic carbocycles. The molecule has 4 heterocycles. The summed E-state index contributed by atoms with van der Waals surface area (Å²) in [5, 5.41) is 6.61. The minimum absolute atomic E-state index is 0.0340. The fourth-order valence-corrected chi connectivity index (χ4v) is 4.39. The number of fused-ring (bicyclic) bond motifs is 2. The lowest BCUT2D eigenvalue weighted by Crippen LogP contribution is -2.56. The van der Waals surface area contributed by atoms with Crippen LogP contribution < -0.4 is 4.90 Å². The summed E-state index contributed by atoms with van der Waals surface area (Å²) in [6.07, 6.45) is 2.88. The van der Waals surface area contributed by atoms with Crippen molar-refractivity contribution in [1.82, 2.24) is 9.91 Å². The number of piperidine rings is 3. The lowest BCUT2D eigenvalue weighted by molar-refractivity contribution is -0.133. The summed E-state index contributed by atoms with van der Waals surface area (Å²) in [5.74, 6) is 0.692. The molecule has 0 radical (unpaired) electrons. The Morgan fingerprint density at radius 1 is 1.17 bits per heavy atom. The van der Waals surface area contributed by atoms with Crippen molar-refractivity contribution in [3.8, 4) is 0 Å². The SMILES string of the molecule is CCC(=O)N1N=C2C3CCN(CC3)[C@@H]2[C@@H]1c1ccc(N(C)C)cc1. The third kappa shape index (κ3) is 2.34. The average Bonchev–Trinajstić information content (AvgIpc) is 3.04. The van der Waals surface area contributed by atoms with Crippen LogP contribution in [0.15, 0.2) is 29.4 Å². The first-order valence-corrected chi connectivity index (χ1v) is 9.02. The molecule has 0 saturated carbocycles. The van der Waals surface area contributed by atoms with Gasteiger partial charge in [0.05, 0.1) is 11.8 Å². The maximum atomic E-state index is 12.5. The van der Waals surface area contributed by atoms with Crippen molar-refractivity contribution in [2.45, 2.75) is 38.3 Å². The van der Waals surface area contributed by atoms with Gasteiger partial charge in [0.2, 0.25) is 5.91 Å². The number of hydrazone groups is 1. The maximum Gasteiger partial charge on any atom is 0.243 e. The zero-order valence-electron chi connectivity index (χ0n) is 14.8. The zero-order valence-corrected chi connectivity index (χ0v) is 14.8. The Balaban J connectivity index is 1.72. The standard InChI is InChI=1S/C19H26N4O/c1-4-16(24)23-18(14-5-7-15(8-6-14)21(2)3)19-17(20-23)13-9-11-22(19)12-10-13/h5-8,13,18-19H,4,9-12H2,1-3H3/t18-,19-/m0/s1. The van der Waals surface area contributed by atoms with Crippen LogP contribution in [0.5, 0.6) is 0 Å². The van der Waals surface area contributed by atoms with Gasteiger partial charge in [0.25, 0.3) is 0 Å². The van der Waals surface area contributed by atoms with E-state index in [4.69, 9.17) is 5.10 Å². The molecular formula is C19H26N4O. The van der Waals surface area contributed by atoms with Crippen molar-refractivity contribution in [3.05, 3.63) is 29.8 Å². The first-order chi connectivity index (χ1) is 11.6. The molecule has 1 aromatic rings. The third-order valence-corrected chi connectivity index (χ3v) is 5.74. The predicted octanol–water partition coefficient (Wildman–Crippen LogP) is 2.50. The van der Waals surface area contributed by atoms with Gasteiger partial charge in [-0.25, -0.2) is 5.01 Å². The van der Waals surface area contributed by atoms with Crippen molar-refractivity contribution in [3.63, 3.8) is 0 Å². The van der Waals surface area contributed by atoms with Gasteiger partial charge >= 0.3 is 0 Å². The number of amides is 1. The number of hydrogen-bond donors (Lipinski definition) is 0. The van der Waals surface area contributed by atoms with Gasteiger partial charge in [-0.05, 0) is 43.6 Å². The Labute approximate surface area is 143 Å². The Kier molecular flexibility index (Phi) is 3.83. The van der Waals surface area contributed by atoms with Crippen molar-refractivity contribution in [2.75, 3.05) is 32.1 Å². The van der Waals surface area contributed by atoms with E-state index in [2.05, 4.69) is 34.1 Å². The van der Waals surface area contributed by atoms with Crippen LogP contribution >= 0.6 is 0 Å². The predicted molar refractivity (Wildman–Crippen MR) is 96.2 cm³/mol. The Bertz CT molecular complexity index is 658.